The van der Waals surface area contributed by atoms with Crippen LogP contribution in [0.1, 0.15) is 0 Å². The van der Waals surface area contributed by atoms with E-state index in [2.05, 4.69) is 89.6 Å². The summed E-state index contributed by atoms with van der Waals surface area (Å²) in [5, 5.41) is 8.42. The average molecular weight is 514 g/mol. The monoisotopic (exact) mass is 513 g/mol. The summed E-state index contributed by atoms with van der Waals surface area (Å²) in [5.41, 5.74) is 7.80. The van der Waals surface area contributed by atoms with Crippen LogP contribution >= 0.6 is 0 Å². The first-order valence-electron chi connectivity index (χ1n) is 13.3. The second kappa shape index (κ2) is 9.03. The third kappa shape index (κ3) is 3.60. The molecule has 8 rings (SSSR count). The highest BCUT2D eigenvalue weighted by molar-refractivity contribution is 6.17. The van der Waals surface area contributed by atoms with Crippen molar-refractivity contribution < 1.29 is 0 Å². The van der Waals surface area contributed by atoms with Crippen molar-refractivity contribution in [1.29, 1.82) is 0 Å². The fraction of sp³-hybridized carbons (Fsp3) is 0. The molecule has 0 aliphatic carbocycles. The summed E-state index contributed by atoms with van der Waals surface area (Å²) in [6.07, 6.45) is 2.09. The van der Waals surface area contributed by atoms with E-state index in [0.717, 1.165) is 60.9 Å². The highest BCUT2D eigenvalue weighted by atomic mass is 15.3. The topological polar surface area (TPSA) is 48.5 Å². The molecule has 0 unspecified atom stereocenters. The Balaban J connectivity index is 1.47. The van der Waals surface area contributed by atoms with Gasteiger partial charge in [0.05, 0.1) is 28.1 Å². The molecule has 40 heavy (non-hydrogen) atoms. The van der Waals surface area contributed by atoms with E-state index in [0.29, 0.717) is 5.95 Å². The third-order valence-corrected chi connectivity index (χ3v) is 7.38. The minimum absolute atomic E-state index is 0.619. The van der Waals surface area contributed by atoms with Crippen molar-refractivity contribution >= 4 is 32.7 Å². The Kier molecular flexibility index (Phi) is 5.07. The molecule has 0 atom stereocenters. The molecule has 0 amide bonds. The van der Waals surface area contributed by atoms with Gasteiger partial charge < -0.3 is 0 Å². The Morgan fingerprint density at radius 2 is 1.12 bits per heavy atom. The van der Waals surface area contributed by atoms with Crippen molar-refractivity contribution in [2.45, 2.75) is 0 Å². The first-order valence-corrected chi connectivity index (χ1v) is 13.3. The lowest BCUT2D eigenvalue weighted by Gasteiger charge is -2.12. The Morgan fingerprint density at radius 1 is 0.525 bits per heavy atom. The Hall–Kier alpha value is -5.55. The van der Waals surface area contributed by atoms with Crippen LogP contribution in [0.25, 0.3) is 66.9 Å². The lowest BCUT2D eigenvalue weighted by atomic mass is 10.1. The lowest BCUT2D eigenvalue weighted by molar-refractivity contribution is 0.896. The summed E-state index contributed by atoms with van der Waals surface area (Å²) in [5.74, 6) is 0.619. The quantitative estimate of drug-likeness (QED) is 0.238. The van der Waals surface area contributed by atoms with Crippen molar-refractivity contribution in [2.24, 2.45) is 0 Å². The number of hydrogen-bond donors (Lipinski definition) is 0. The van der Waals surface area contributed by atoms with Crippen LogP contribution in [0.3, 0.4) is 0 Å². The number of hydrogen-bond acceptors (Lipinski definition) is 3. The summed E-state index contributed by atoms with van der Waals surface area (Å²) in [6.45, 7) is 0. The van der Waals surface area contributed by atoms with Crippen LogP contribution in [0.4, 0.5) is 0 Å². The van der Waals surface area contributed by atoms with E-state index in [1.807, 2.05) is 59.3 Å². The Morgan fingerprint density at radius 3 is 1.80 bits per heavy atom. The number of benzene rings is 5. The van der Waals surface area contributed by atoms with E-state index in [-0.39, 0.29) is 0 Å². The minimum atomic E-state index is 0.619. The molecule has 8 aromatic rings. The van der Waals surface area contributed by atoms with Crippen LogP contribution in [0.2, 0.25) is 0 Å². The number of fused-ring (bicyclic) bond motifs is 5. The molecule has 5 aromatic carbocycles. The van der Waals surface area contributed by atoms with Gasteiger partial charge in [0.25, 0.3) is 0 Å². The number of nitrogens with zero attached hydrogens (tertiary/aromatic N) is 5. The molecule has 188 valence electrons. The molecule has 0 N–H and O–H groups in total. The fourth-order valence-electron chi connectivity index (χ4n) is 5.50. The van der Waals surface area contributed by atoms with Gasteiger partial charge in [-0.3, -0.25) is 4.57 Å². The molecule has 0 spiro atoms. The zero-order chi connectivity index (χ0) is 26.5. The number of rotatable bonds is 4. The predicted molar refractivity (Wildman–Crippen MR) is 162 cm³/mol. The molecule has 3 heterocycles. The third-order valence-electron chi connectivity index (χ3n) is 7.38. The molecule has 0 fully saturated rings. The molecule has 5 nitrogen and oxygen atoms in total. The second-order valence-corrected chi connectivity index (χ2v) is 9.83. The van der Waals surface area contributed by atoms with Crippen molar-refractivity contribution in [3.8, 4) is 34.2 Å². The zero-order valence-electron chi connectivity index (χ0n) is 21.5. The molecule has 5 heteroatoms. The van der Waals surface area contributed by atoms with Crippen LogP contribution in [0.5, 0.6) is 0 Å². The normalized spacial score (nSPS) is 11.5. The highest BCUT2D eigenvalue weighted by Gasteiger charge is 2.20. The van der Waals surface area contributed by atoms with Crippen LogP contribution < -0.4 is 0 Å². The van der Waals surface area contributed by atoms with Gasteiger partial charge in [0.2, 0.25) is 5.95 Å². The lowest BCUT2D eigenvalue weighted by Crippen LogP contribution is -2.04. The molecule has 0 aliphatic heterocycles. The number of para-hydroxylation sites is 2. The van der Waals surface area contributed by atoms with Crippen LogP contribution in [-0.2, 0) is 0 Å². The van der Waals surface area contributed by atoms with Crippen molar-refractivity contribution in [3.63, 3.8) is 0 Å². The summed E-state index contributed by atoms with van der Waals surface area (Å²) >= 11 is 0. The maximum atomic E-state index is 5.16. The number of aromatic nitrogens is 5. The molecule has 0 radical (unpaired) electrons. The van der Waals surface area contributed by atoms with E-state index >= 15 is 0 Å². The summed E-state index contributed by atoms with van der Waals surface area (Å²) < 4.78 is 4.12. The molecule has 0 saturated carbocycles. The van der Waals surface area contributed by atoms with Crippen LogP contribution in [0.15, 0.2) is 140 Å². The average Bonchev–Trinajstić information content (AvgIpc) is 3.62. The van der Waals surface area contributed by atoms with Crippen LogP contribution in [0, 0.1) is 0 Å². The summed E-state index contributed by atoms with van der Waals surface area (Å²) in [7, 11) is 0. The maximum absolute atomic E-state index is 5.16. The van der Waals surface area contributed by atoms with Crippen LogP contribution in [-0.4, -0.2) is 24.3 Å². The van der Waals surface area contributed by atoms with Gasteiger partial charge in [-0.2, -0.15) is 5.10 Å². The molecule has 0 saturated heterocycles. The Labute approximate surface area is 230 Å². The van der Waals surface area contributed by atoms with Gasteiger partial charge in [0.1, 0.15) is 5.52 Å². The largest absolute Gasteiger partial charge is 0.276 e. The predicted octanol–water partition coefficient (Wildman–Crippen LogP) is 8.25. The highest BCUT2D eigenvalue weighted by Crippen LogP contribution is 2.36. The second-order valence-electron chi connectivity index (χ2n) is 9.83. The van der Waals surface area contributed by atoms with Gasteiger partial charge in [-0.15, -0.1) is 0 Å². The SMILES string of the molecule is c1ccc(-c2cc(-c3ccccc3)nc(-n3c4ccccc4c4ccc5cn(-c6ccccc6)nc5c43)n2)cc1. The summed E-state index contributed by atoms with van der Waals surface area (Å²) in [6, 6.07) is 45.6. The zero-order valence-corrected chi connectivity index (χ0v) is 21.5. The van der Waals surface area contributed by atoms with E-state index in [9.17, 15) is 0 Å². The first-order chi connectivity index (χ1) is 19.8. The van der Waals surface area contributed by atoms with Crippen molar-refractivity contribution in [3.05, 3.63) is 140 Å². The van der Waals surface area contributed by atoms with E-state index in [1.54, 1.807) is 0 Å². The molecular formula is C35H23N5. The smallest absolute Gasteiger partial charge is 0.235 e. The van der Waals surface area contributed by atoms with Gasteiger partial charge in [0.15, 0.2) is 0 Å². The van der Waals surface area contributed by atoms with E-state index < -0.39 is 0 Å². The van der Waals surface area contributed by atoms with Gasteiger partial charge in [-0.05, 0) is 24.3 Å². The molecule has 0 aliphatic rings. The van der Waals surface area contributed by atoms with Crippen molar-refractivity contribution in [1.82, 2.24) is 24.3 Å². The van der Waals surface area contributed by atoms with Gasteiger partial charge in [0, 0.05) is 33.5 Å². The Bertz CT molecular complexity index is 2090. The standard InChI is InChI=1S/C35H23N5/c1-4-12-24(13-5-1)30-22-31(25-14-6-2-7-15-25)37-35(36-30)40-32-19-11-10-18-28(32)29-21-20-26-23-39(38-33(26)34(29)40)27-16-8-3-9-17-27/h1-23H. The molecular weight excluding hydrogens is 490 g/mol. The maximum Gasteiger partial charge on any atom is 0.235 e. The first kappa shape index (κ1) is 22.4. The van der Waals surface area contributed by atoms with Crippen molar-refractivity contribution in [2.75, 3.05) is 0 Å². The summed E-state index contributed by atoms with van der Waals surface area (Å²) in [4.78, 5) is 10.3. The fourth-order valence-corrected chi connectivity index (χ4v) is 5.50. The van der Waals surface area contributed by atoms with Gasteiger partial charge in [-0.1, -0.05) is 109 Å². The van der Waals surface area contributed by atoms with Gasteiger partial charge in [-0.25, -0.2) is 14.6 Å². The molecule has 3 aromatic heterocycles. The van der Waals surface area contributed by atoms with E-state index in [4.69, 9.17) is 15.1 Å². The minimum Gasteiger partial charge on any atom is -0.276 e. The molecule has 0 bridgehead atoms. The van der Waals surface area contributed by atoms with E-state index in [1.165, 1.54) is 0 Å². The van der Waals surface area contributed by atoms with Gasteiger partial charge >= 0.3 is 0 Å².